The van der Waals surface area contributed by atoms with Gasteiger partial charge in [-0.15, -0.1) is 0 Å². The van der Waals surface area contributed by atoms with Gasteiger partial charge in [0.25, 0.3) is 0 Å². The Kier molecular flexibility index (Phi) is 3.84. The van der Waals surface area contributed by atoms with Crippen LogP contribution >= 0.6 is 0 Å². The van der Waals surface area contributed by atoms with Crippen molar-refractivity contribution in [1.29, 1.82) is 0 Å². The van der Waals surface area contributed by atoms with E-state index in [9.17, 15) is 13.6 Å². The smallest absolute Gasteiger partial charge is 0.337 e. The fourth-order valence-corrected chi connectivity index (χ4v) is 1.64. The molecule has 0 saturated carbocycles. The summed E-state index contributed by atoms with van der Waals surface area (Å²) in [6.07, 6.45) is 0. The molecule has 2 aromatic rings. The van der Waals surface area contributed by atoms with Crippen molar-refractivity contribution >= 4 is 11.7 Å². The van der Waals surface area contributed by atoms with Gasteiger partial charge in [0, 0.05) is 5.69 Å². The van der Waals surface area contributed by atoms with Gasteiger partial charge in [0.2, 0.25) is 0 Å². The second kappa shape index (κ2) is 5.56. The average molecular weight is 279 g/mol. The Morgan fingerprint density at radius 2 is 1.85 bits per heavy atom. The van der Waals surface area contributed by atoms with Crippen molar-refractivity contribution < 1.29 is 23.4 Å². The van der Waals surface area contributed by atoms with Gasteiger partial charge >= 0.3 is 5.97 Å². The SMILES string of the molecule is Nc1ccc(OCc2c(F)cccc2F)cc1C(=O)O. The van der Waals surface area contributed by atoms with Crippen molar-refractivity contribution in [3.8, 4) is 5.75 Å². The predicted octanol–water partition coefficient (Wildman–Crippen LogP) is 2.82. The molecule has 3 N–H and O–H groups in total. The average Bonchev–Trinajstić information content (AvgIpc) is 2.39. The van der Waals surface area contributed by atoms with Crippen molar-refractivity contribution in [1.82, 2.24) is 0 Å². The molecule has 0 atom stereocenters. The lowest BCUT2D eigenvalue weighted by Crippen LogP contribution is -2.05. The van der Waals surface area contributed by atoms with Gasteiger partial charge in [0.05, 0.1) is 11.1 Å². The number of rotatable bonds is 4. The largest absolute Gasteiger partial charge is 0.489 e. The third-order valence-electron chi connectivity index (χ3n) is 2.70. The minimum atomic E-state index is -1.20. The van der Waals surface area contributed by atoms with Crippen molar-refractivity contribution in [3.63, 3.8) is 0 Å². The number of halogens is 2. The van der Waals surface area contributed by atoms with Gasteiger partial charge in [0.1, 0.15) is 24.0 Å². The zero-order valence-corrected chi connectivity index (χ0v) is 10.3. The Morgan fingerprint density at radius 3 is 2.45 bits per heavy atom. The van der Waals surface area contributed by atoms with Gasteiger partial charge in [-0.2, -0.15) is 0 Å². The second-order valence-electron chi connectivity index (χ2n) is 4.04. The Morgan fingerprint density at radius 1 is 1.20 bits per heavy atom. The van der Waals surface area contributed by atoms with Crippen LogP contribution in [0, 0.1) is 11.6 Å². The van der Waals surface area contributed by atoms with Gasteiger partial charge in [-0.25, -0.2) is 13.6 Å². The molecular weight excluding hydrogens is 268 g/mol. The number of hydrogen-bond acceptors (Lipinski definition) is 3. The van der Waals surface area contributed by atoms with Gasteiger partial charge in [0.15, 0.2) is 0 Å². The van der Waals surface area contributed by atoms with Crippen LogP contribution < -0.4 is 10.5 Å². The van der Waals surface area contributed by atoms with E-state index in [1.54, 1.807) is 0 Å². The first-order valence-electron chi connectivity index (χ1n) is 5.67. The van der Waals surface area contributed by atoms with Crippen LogP contribution in [0.15, 0.2) is 36.4 Å². The van der Waals surface area contributed by atoms with Crippen molar-refractivity contribution in [2.24, 2.45) is 0 Å². The molecule has 0 radical (unpaired) electrons. The van der Waals surface area contributed by atoms with Gasteiger partial charge < -0.3 is 15.6 Å². The van der Waals surface area contributed by atoms with Gasteiger partial charge in [-0.1, -0.05) is 6.07 Å². The fraction of sp³-hybridized carbons (Fsp3) is 0.0714. The first-order chi connectivity index (χ1) is 9.49. The topological polar surface area (TPSA) is 72.5 Å². The minimum absolute atomic E-state index is 0.0851. The zero-order valence-electron chi connectivity index (χ0n) is 10.3. The number of nitrogens with two attached hydrogens (primary N) is 1. The molecule has 20 heavy (non-hydrogen) atoms. The summed E-state index contributed by atoms with van der Waals surface area (Å²) in [4.78, 5) is 10.9. The molecule has 4 nitrogen and oxygen atoms in total. The highest BCUT2D eigenvalue weighted by Crippen LogP contribution is 2.22. The molecule has 0 aliphatic carbocycles. The van der Waals surface area contributed by atoms with Crippen LogP contribution in [0.2, 0.25) is 0 Å². The van der Waals surface area contributed by atoms with Crippen molar-refractivity contribution in [2.45, 2.75) is 6.61 Å². The molecule has 6 heteroatoms. The number of carboxylic acid groups (broad SMARTS) is 1. The maximum absolute atomic E-state index is 13.4. The maximum atomic E-state index is 13.4. The summed E-state index contributed by atoms with van der Waals surface area (Å²) in [6, 6.07) is 7.48. The summed E-state index contributed by atoms with van der Waals surface area (Å²) < 4.78 is 32.0. The lowest BCUT2D eigenvalue weighted by molar-refractivity contribution is 0.0697. The highest BCUT2D eigenvalue weighted by Gasteiger charge is 2.12. The monoisotopic (exact) mass is 279 g/mol. The van der Waals surface area contributed by atoms with E-state index >= 15 is 0 Å². The summed E-state index contributed by atoms with van der Waals surface area (Å²) in [7, 11) is 0. The number of benzene rings is 2. The number of anilines is 1. The summed E-state index contributed by atoms with van der Waals surface area (Å²) in [5, 5.41) is 8.91. The van der Waals surface area contributed by atoms with E-state index in [0.29, 0.717) is 0 Å². The normalized spacial score (nSPS) is 10.3. The molecule has 0 saturated heterocycles. The van der Waals surface area contributed by atoms with Gasteiger partial charge in [-0.3, -0.25) is 0 Å². The van der Waals surface area contributed by atoms with Crippen molar-refractivity contribution in [2.75, 3.05) is 5.73 Å². The van der Waals surface area contributed by atoms with Crippen LogP contribution in [0.3, 0.4) is 0 Å². The Bertz CT molecular complexity index is 639. The molecular formula is C14H11F2NO3. The molecule has 0 aliphatic heterocycles. The van der Waals surface area contributed by atoms with Crippen LogP contribution in [0.25, 0.3) is 0 Å². The first-order valence-corrected chi connectivity index (χ1v) is 5.67. The van der Waals surface area contributed by atoms with E-state index in [1.165, 1.54) is 24.3 Å². The number of hydrogen-bond donors (Lipinski definition) is 2. The standard InChI is InChI=1S/C14H11F2NO3/c15-11-2-1-3-12(16)10(11)7-20-8-4-5-13(17)9(6-8)14(18)19/h1-6H,7,17H2,(H,18,19). The van der Waals surface area contributed by atoms with E-state index in [4.69, 9.17) is 15.6 Å². The van der Waals surface area contributed by atoms with Crippen LogP contribution in [-0.2, 0) is 6.61 Å². The quantitative estimate of drug-likeness (QED) is 0.844. The number of ether oxygens (including phenoxy) is 1. The molecule has 0 spiro atoms. The molecule has 2 rings (SSSR count). The van der Waals surface area contributed by atoms with E-state index in [2.05, 4.69) is 0 Å². The summed E-state index contributed by atoms with van der Waals surface area (Å²) in [5.41, 5.74) is 5.23. The minimum Gasteiger partial charge on any atom is -0.489 e. The molecule has 0 bridgehead atoms. The van der Waals surface area contributed by atoms with Crippen LogP contribution in [0.5, 0.6) is 5.75 Å². The summed E-state index contributed by atoms with van der Waals surface area (Å²) >= 11 is 0. The number of aromatic carboxylic acids is 1. The van der Waals surface area contributed by atoms with E-state index in [-0.39, 0.29) is 29.2 Å². The lowest BCUT2D eigenvalue weighted by Gasteiger charge is -2.09. The molecule has 0 amide bonds. The van der Waals surface area contributed by atoms with E-state index in [0.717, 1.165) is 12.1 Å². The third-order valence-corrected chi connectivity index (χ3v) is 2.70. The molecule has 0 unspecified atom stereocenters. The highest BCUT2D eigenvalue weighted by molar-refractivity contribution is 5.94. The maximum Gasteiger partial charge on any atom is 0.337 e. The molecule has 0 fully saturated rings. The van der Waals surface area contributed by atoms with E-state index < -0.39 is 17.6 Å². The van der Waals surface area contributed by atoms with Crippen LogP contribution in [-0.4, -0.2) is 11.1 Å². The Hall–Kier alpha value is -2.63. The molecule has 0 heterocycles. The molecule has 2 aromatic carbocycles. The summed E-state index contributed by atoms with van der Waals surface area (Å²) in [5.74, 6) is -2.48. The fourth-order valence-electron chi connectivity index (χ4n) is 1.64. The predicted molar refractivity (Wildman–Crippen MR) is 68.5 cm³/mol. The van der Waals surface area contributed by atoms with Crippen LogP contribution in [0.4, 0.5) is 14.5 Å². The van der Waals surface area contributed by atoms with Gasteiger partial charge in [-0.05, 0) is 30.3 Å². The molecule has 0 aromatic heterocycles. The molecule has 0 aliphatic rings. The zero-order chi connectivity index (χ0) is 14.7. The highest BCUT2D eigenvalue weighted by atomic mass is 19.1. The number of carbonyl (C=O) groups is 1. The second-order valence-corrected chi connectivity index (χ2v) is 4.04. The van der Waals surface area contributed by atoms with Crippen LogP contribution in [0.1, 0.15) is 15.9 Å². The number of carboxylic acids is 1. The third kappa shape index (κ3) is 2.85. The lowest BCUT2D eigenvalue weighted by atomic mass is 10.1. The molecule has 104 valence electrons. The number of nitrogen functional groups attached to an aromatic ring is 1. The van der Waals surface area contributed by atoms with E-state index in [1.807, 2.05) is 0 Å². The Labute approximate surface area is 113 Å². The first kappa shape index (κ1) is 13.8. The Balaban J connectivity index is 2.19. The summed E-state index contributed by atoms with van der Waals surface area (Å²) in [6.45, 7) is -0.346. The van der Waals surface area contributed by atoms with Crippen molar-refractivity contribution in [3.05, 3.63) is 59.2 Å².